The van der Waals surface area contributed by atoms with E-state index in [0.717, 1.165) is 41.3 Å². The molecule has 0 unspecified atom stereocenters. The first-order chi connectivity index (χ1) is 7.68. The first kappa shape index (κ1) is 10.2. The van der Waals surface area contributed by atoms with Crippen molar-refractivity contribution < 1.29 is 9.47 Å². The fourth-order valence-electron chi connectivity index (χ4n) is 2.00. The molecule has 2 aliphatic rings. The minimum absolute atomic E-state index is 0.0699. The molecule has 0 amide bonds. The van der Waals surface area contributed by atoms with Crippen molar-refractivity contribution in [2.24, 2.45) is 5.73 Å². The lowest BCUT2D eigenvalue weighted by Gasteiger charge is -2.23. The molecule has 1 aromatic rings. The van der Waals surface area contributed by atoms with Gasteiger partial charge >= 0.3 is 0 Å². The second-order valence-corrected chi connectivity index (χ2v) is 5.00. The Hall–Kier alpha value is -0.930. The largest absolute Gasteiger partial charge is 0.486 e. The maximum atomic E-state index is 6.20. The molecule has 0 atom stereocenters. The minimum atomic E-state index is -0.0699. The molecule has 1 aliphatic heterocycles. The summed E-state index contributed by atoms with van der Waals surface area (Å²) in [6.45, 7) is 1.18. The van der Waals surface area contributed by atoms with Gasteiger partial charge in [-0.15, -0.1) is 0 Å². The zero-order chi connectivity index (χ0) is 11.2. The molecule has 86 valence electrons. The summed E-state index contributed by atoms with van der Waals surface area (Å²) in [6.07, 6.45) is 2.90. The molecule has 3 nitrogen and oxygen atoms in total. The van der Waals surface area contributed by atoms with Gasteiger partial charge in [-0.25, -0.2) is 0 Å². The molecule has 0 radical (unpaired) electrons. The Morgan fingerprint density at radius 3 is 2.75 bits per heavy atom. The molecule has 1 aliphatic carbocycles. The smallest absolute Gasteiger partial charge is 0.166 e. The molecule has 2 N–H and O–H groups in total. The van der Waals surface area contributed by atoms with Crippen LogP contribution in [0.4, 0.5) is 0 Å². The van der Waals surface area contributed by atoms with Gasteiger partial charge in [0.2, 0.25) is 0 Å². The molecule has 0 spiro atoms. The Labute approximate surface area is 99.5 Å². The number of hydrogen-bond donors (Lipinski definition) is 1. The Morgan fingerprint density at radius 2 is 2.00 bits per heavy atom. The van der Waals surface area contributed by atoms with Crippen LogP contribution in [0.2, 0.25) is 5.02 Å². The van der Waals surface area contributed by atoms with E-state index in [4.69, 9.17) is 26.8 Å². The molecule has 1 aromatic carbocycles. The fourth-order valence-corrected chi connectivity index (χ4v) is 2.22. The average molecular weight is 240 g/mol. The van der Waals surface area contributed by atoms with Crippen molar-refractivity contribution in [2.75, 3.05) is 13.2 Å². The Kier molecular flexibility index (Phi) is 2.26. The summed E-state index contributed by atoms with van der Waals surface area (Å²) in [5.41, 5.74) is 7.05. The van der Waals surface area contributed by atoms with Crippen LogP contribution in [0.1, 0.15) is 18.4 Å². The average Bonchev–Trinajstić information content (AvgIpc) is 3.01. The lowest BCUT2D eigenvalue weighted by molar-refractivity contribution is 0.169. The number of ether oxygens (including phenoxy) is 2. The predicted octanol–water partition coefficient (Wildman–Crippen LogP) is 2.14. The Morgan fingerprint density at radius 1 is 1.25 bits per heavy atom. The monoisotopic (exact) mass is 239 g/mol. The first-order valence-corrected chi connectivity index (χ1v) is 5.92. The third-order valence-corrected chi connectivity index (χ3v) is 3.53. The highest BCUT2D eigenvalue weighted by molar-refractivity contribution is 6.31. The minimum Gasteiger partial charge on any atom is -0.486 e. The summed E-state index contributed by atoms with van der Waals surface area (Å²) in [7, 11) is 0. The number of rotatable bonds is 2. The van der Waals surface area contributed by atoms with Gasteiger partial charge in [-0.2, -0.15) is 0 Å². The van der Waals surface area contributed by atoms with Gasteiger partial charge in [0.25, 0.3) is 0 Å². The van der Waals surface area contributed by atoms with Gasteiger partial charge in [-0.05, 0) is 31.4 Å². The number of fused-ring (bicyclic) bond motifs is 1. The first-order valence-electron chi connectivity index (χ1n) is 5.54. The van der Waals surface area contributed by atoms with Crippen molar-refractivity contribution in [3.05, 3.63) is 22.7 Å². The lowest BCUT2D eigenvalue weighted by atomic mass is 10.0. The van der Waals surface area contributed by atoms with E-state index in [1.54, 1.807) is 0 Å². The topological polar surface area (TPSA) is 44.5 Å². The maximum absolute atomic E-state index is 6.20. The fraction of sp³-hybridized carbons (Fsp3) is 0.500. The van der Waals surface area contributed by atoms with Crippen LogP contribution in [0.25, 0.3) is 0 Å². The molecule has 16 heavy (non-hydrogen) atoms. The summed E-state index contributed by atoms with van der Waals surface area (Å²) in [5.74, 6) is 1.57. The van der Waals surface area contributed by atoms with Crippen molar-refractivity contribution in [1.82, 2.24) is 0 Å². The van der Waals surface area contributed by atoms with Gasteiger partial charge in [0.15, 0.2) is 11.5 Å². The van der Waals surface area contributed by atoms with E-state index in [-0.39, 0.29) is 5.54 Å². The number of benzene rings is 1. The normalized spacial score (nSPS) is 20.6. The Balaban J connectivity index is 2.00. The summed E-state index contributed by atoms with van der Waals surface area (Å²) in [6, 6.07) is 3.71. The van der Waals surface area contributed by atoms with E-state index in [2.05, 4.69) is 0 Å². The second kappa shape index (κ2) is 3.54. The van der Waals surface area contributed by atoms with E-state index in [1.807, 2.05) is 12.1 Å². The van der Waals surface area contributed by atoms with Crippen LogP contribution in [-0.2, 0) is 6.42 Å². The molecule has 0 saturated heterocycles. The van der Waals surface area contributed by atoms with Crippen LogP contribution < -0.4 is 15.2 Å². The lowest BCUT2D eigenvalue weighted by Crippen LogP contribution is -2.26. The quantitative estimate of drug-likeness (QED) is 0.860. The van der Waals surface area contributed by atoms with Crippen molar-refractivity contribution >= 4 is 11.6 Å². The van der Waals surface area contributed by atoms with Gasteiger partial charge < -0.3 is 15.2 Å². The van der Waals surface area contributed by atoms with Crippen LogP contribution in [0.15, 0.2) is 12.1 Å². The molecule has 4 heteroatoms. The van der Waals surface area contributed by atoms with Gasteiger partial charge in [0, 0.05) is 16.1 Å². The van der Waals surface area contributed by atoms with Crippen molar-refractivity contribution in [2.45, 2.75) is 24.8 Å². The molecule has 1 fully saturated rings. The zero-order valence-electron chi connectivity index (χ0n) is 8.96. The molecule has 3 rings (SSSR count). The highest BCUT2D eigenvalue weighted by Gasteiger charge is 2.40. The summed E-state index contributed by atoms with van der Waals surface area (Å²) in [5, 5.41) is 0.723. The number of nitrogens with two attached hydrogens (primary N) is 1. The van der Waals surface area contributed by atoms with Crippen molar-refractivity contribution in [3.63, 3.8) is 0 Å². The molecule has 0 aromatic heterocycles. The summed E-state index contributed by atoms with van der Waals surface area (Å²) < 4.78 is 11.2. The van der Waals surface area contributed by atoms with Crippen LogP contribution in [0.3, 0.4) is 0 Å². The van der Waals surface area contributed by atoms with Crippen molar-refractivity contribution in [3.8, 4) is 11.5 Å². The summed E-state index contributed by atoms with van der Waals surface area (Å²) in [4.78, 5) is 0. The van der Waals surface area contributed by atoms with E-state index in [1.165, 1.54) is 0 Å². The highest BCUT2D eigenvalue weighted by atomic mass is 35.5. The predicted molar refractivity (Wildman–Crippen MR) is 62.3 cm³/mol. The van der Waals surface area contributed by atoms with Crippen LogP contribution >= 0.6 is 11.6 Å². The van der Waals surface area contributed by atoms with Gasteiger partial charge in [0.1, 0.15) is 13.2 Å². The van der Waals surface area contributed by atoms with Crippen LogP contribution in [-0.4, -0.2) is 18.8 Å². The highest BCUT2D eigenvalue weighted by Crippen LogP contribution is 2.44. The second-order valence-electron chi connectivity index (χ2n) is 4.59. The SMILES string of the molecule is NC1(Cc2c(Cl)ccc3c2OCCO3)CC1. The van der Waals surface area contributed by atoms with E-state index < -0.39 is 0 Å². The van der Waals surface area contributed by atoms with E-state index in [9.17, 15) is 0 Å². The molecule has 1 heterocycles. The zero-order valence-corrected chi connectivity index (χ0v) is 9.72. The van der Waals surface area contributed by atoms with Gasteiger partial charge in [0.05, 0.1) is 0 Å². The third kappa shape index (κ3) is 1.74. The summed E-state index contributed by atoms with van der Waals surface area (Å²) >= 11 is 6.20. The maximum Gasteiger partial charge on any atom is 0.166 e. The van der Waals surface area contributed by atoms with Crippen LogP contribution in [0.5, 0.6) is 11.5 Å². The van der Waals surface area contributed by atoms with Gasteiger partial charge in [-0.1, -0.05) is 11.6 Å². The van der Waals surface area contributed by atoms with Crippen molar-refractivity contribution in [1.29, 1.82) is 0 Å². The molecule has 0 bridgehead atoms. The van der Waals surface area contributed by atoms with E-state index in [0.29, 0.717) is 13.2 Å². The molecular weight excluding hydrogens is 226 g/mol. The Bertz CT molecular complexity index is 429. The third-order valence-electron chi connectivity index (χ3n) is 3.18. The van der Waals surface area contributed by atoms with Crippen LogP contribution in [0, 0.1) is 0 Å². The number of hydrogen-bond acceptors (Lipinski definition) is 3. The number of halogens is 1. The van der Waals surface area contributed by atoms with Gasteiger partial charge in [-0.3, -0.25) is 0 Å². The molecular formula is C12H14ClNO2. The van der Waals surface area contributed by atoms with E-state index >= 15 is 0 Å². The molecule has 1 saturated carbocycles. The standard InChI is InChI=1S/C12H14ClNO2/c13-9-1-2-10-11(16-6-5-15-10)8(9)7-12(14)3-4-12/h1-2H,3-7,14H2.